The average Bonchev–Trinajstić information content (AvgIpc) is 2.39. The van der Waals surface area contributed by atoms with Crippen molar-refractivity contribution in [2.75, 3.05) is 20.2 Å². The normalized spacial score (nSPS) is 20.4. The maximum Gasteiger partial charge on any atom is 0.137 e. The van der Waals surface area contributed by atoms with Gasteiger partial charge in [0.15, 0.2) is 0 Å². The second-order valence-corrected chi connectivity index (χ2v) is 4.69. The quantitative estimate of drug-likeness (QED) is 0.824. The number of likely N-dealkylation sites (tertiary alicyclic amines) is 1. The van der Waals surface area contributed by atoms with Crippen LogP contribution in [0.2, 0.25) is 0 Å². The van der Waals surface area contributed by atoms with Crippen molar-refractivity contribution in [1.82, 2.24) is 4.90 Å². The van der Waals surface area contributed by atoms with Crippen LogP contribution in [-0.4, -0.2) is 31.1 Å². The summed E-state index contributed by atoms with van der Waals surface area (Å²) in [6.45, 7) is 1.64. The number of likely N-dealkylation sites (N-methyl/N-ethyl adjacent to an activating group) is 1. The van der Waals surface area contributed by atoms with Crippen molar-refractivity contribution in [3.05, 3.63) is 29.6 Å². The maximum absolute atomic E-state index is 13.0. The van der Waals surface area contributed by atoms with Gasteiger partial charge < -0.3 is 9.64 Å². The lowest BCUT2D eigenvalue weighted by atomic mass is 10.0. The van der Waals surface area contributed by atoms with Gasteiger partial charge in [0, 0.05) is 6.04 Å². The molecule has 1 fully saturated rings. The van der Waals surface area contributed by atoms with Crippen molar-refractivity contribution in [3.63, 3.8) is 0 Å². The molecule has 1 saturated heterocycles. The summed E-state index contributed by atoms with van der Waals surface area (Å²) in [7, 11) is 2.09. The van der Waals surface area contributed by atoms with E-state index in [0.29, 0.717) is 18.4 Å². The molecule has 1 aliphatic rings. The lowest BCUT2D eigenvalue weighted by molar-refractivity contribution is 0.125. The Labute approximate surface area is 107 Å². The van der Waals surface area contributed by atoms with Crippen molar-refractivity contribution in [2.24, 2.45) is 0 Å². The molecule has 18 heavy (non-hydrogen) atoms. The zero-order valence-electron chi connectivity index (χ0n) is 10.5. The van der Waals surface area contributed by atoms with Gasteiger partial charge in [-0.1, -0.05) is 6.42 Å². The van der Waals surface area contributed by atoms with E-state index in [2.05, 4.69) is 11.9 Å². The van der Waals surface area contributed by atoms with Gasteiger partial charge in [-0.2, -0.15) is 5.26 Å². The summed E-state index contributed by atoms with van der Waals surface area (Å²) in [4.78, 5) is 2.28. The van der Waals surface area contributed by atoms with Crippen LogP contribution >= 0.6 is 0 Å². The first-order chi connectivity index (χ1) is 8.70. The molecule has 0 amide bonds. The van der Waals surface area contributed by atoms with Gasteiger partial charge in [0.1, 0.15) is 24.2 Å². The summed E-state index contributed by atoms with van der Waals surface area (Å²) in [5.41, 5.74) is 0.258. The topological polar surface area (TPSA) is 36.3 Å². The van der Waals surface area contributed by atoms with Crippen LogP contribution in [0.4, 0.5) is 4.39 Å². The molecule has 2 rings (SSSR count). The highest BCUT2D eigenvalue weighted by Crippen LogP contribution is 2.21. The minimum absolute atomic E-state index is 0.258. The Hall–Kier alpha value is -1.60. The molecule has 0 spiro atoms. The number of piperidine rings is 1. The Morgan fingerprint density at radius 2 is 2.33 bits per heavy atom. The number of nitrogens with zero attached hydrogens (tertiary/aromatic N) is 2. The number of ether oxygens (including phenoxy) is 1. The number of benzene rings is 1. The minimum atomic E-state index is -0.409. The second kappa shape index (κ2) is 5.83. The van der Waals surface area contributed by atoms with E-state index in [9.17, 15) is 4.39 Å². The van der Waals surface area contributed by atoms with Crippen molar-refractivity contribution in [2.45, 2.75) is 25.3 Å². The van der Waals surface area contributed by atoms with Crippen LogP contribution < -0.4 is 4.74 Å². The third-order valence-corrected chi connectivity index (χ3v) is 3.41. The molecule has 4 heteroatoms. The van der Waals surface area contributed by atoms with E-state index in [1.807, 2.05) is 6.07 Å². The first-order valence-corrected chi connectivity index (χ1v) is 6.23. The first kappa shape index (κ1) is 12.8. The van der Waals surface area contributed by atoms with Gasteiger partial charge in [0.2, 0.25) is 0 Å². The molecule has 0 N–H and O–H groups in total. The van der Waals surface area contributed by atoms with Gasteiger partial charge in [0.25, 0.3) is 0 Å². The number of halogens is 1. The van der Waals surface area contributed by atoms with Gasteiger partial charge in [-0.05, 0) is 44.6 Å². The lowest BCUT2D eigenvalue weighted by Gasteiger charge is -2.32. The molecule has 1 aromatic rings. The number of nitriles is 1. The molecule has 1 heterocycles. The highest BCUT2D eigenvalue weighted by Gasteiger charge is 2.19. The summed E-state index contributed by atoms with van der Waals surface area (Å²) < 4.78 is 18.6. The number of rotatable bonds is 3. The zero-order valence-corrected chi connectivity index (χ0v) is 10.5. The van der Waals surface area contributed by atoms with Gasteiger partial charge in [-0.15, -0.1) is 0 Å². The molecule has 1 unspecified atom stereocenters. The Kier molecular flexibility index (Phi) is 4.16. The molecule has 3 nitrogen and oxygen atoms in total. The molecule has 0 aliphatic carbocycles. The monoisotopic (exact) mass is 248 g/mol. The lowest BCUT2D eigenvalue weighted by Crippen LogP contribution is -2.40. The summed E-state index contributed by atoms with van der Waals surface area (Å²) in [6.07, 6.45) is 3.56. The van der Waals surface area contributed by atoms with Crippen LogP contribution in [0.3, 0.4) is 0 Å². The fraction of sp³-hybridized carbons (Fsp3) is 0.500. The fourth-order valence-electron chi connectivity index (χ4n) is 2.26. The molecular formula is C14H17FN2O. The molecule has 0 bridgehead atoms. The Morgan fingerprint density at radius 3 is 3.06 bits per heavy atom. The first-order valence-electron chi connectivity index (χ1n) is 6.23. The third-order valence-electron chi connectivity index (χ3n) is 3.41. The maximum atomic E-state index is 13.0. The molecule has 0 radical (unpaired) electrons. The van der Waals surface area contributed by atoms with Crippen molar-refractivity contribution in [3.8, 4) is 11.8 Å². The predicted molar refractivity (Wildman–Crippen MR) is 66.9 cm³/mol. The molecular weight excluding hydrogens is 231 g/mol. The summed E-state index contributed by atoms with van der Waals surface area (Å²) in [6, 6.07) is 6.39. The van der Waals surface area contributed by atoms with Crippen molar-refractivity contribution >= 4 is 0 Å². The van der Waals surface area contributed by atoms with Crippen molar-refractivity contribution < 1.29 is 9.13 Å². The van der Waals surface area contributed by atoms with E-state index < -0.39 is 5.82 Å². The molecule has 96 valence electrons. The largest absolute Gasteiger partial charge is 0.491 e. The van der Waals surface area contributed by atoms with E-state index in [0.717, 1.165) is 13.0 Å². The van der Waals surface area contributed by atoms with Gasteiger partial charge in [0.05, 0.1) is 5.56 Å². The van der Waals surface area contributed by atoms with Crippen molar-refractivity contribution in [1.29, 1.82) is 5.26 Å². The summed E-state index contributed by atoms with van der Waals surface area (Å²) in [5.74, 6) is 0.0616. The van der Waals surface area contributed by atoms with Crippen LogP contribution in [0, 0.1) is 17.1 Å². The van der Waals surface area contributed by atoms with Crippen LogP contribution in [0.1, 0.15) is 24.8 Å². The molecule has 1 aromatic carbocycles. The van der Waals surface area contributed by atoms with E-state index in [4.69, 9.17) is 10.00 Å². The number of hydrogen-bond acceptors (Lipinski definition) is 3. The van der Waals surface area contributed by atoms with Crippen LogP contribution in [0.25, 0.3) is 0 Å². The predicted octanol–water partition coefficient (Wildman–Crippen LogP) is 2.56. The standard InChI is InChI=1S/C14H17FN2O/c1-17-7-3-2-4-13(17)10-18-14-6-5-12(15)8-11(14)9-16/h5-6,8,13H,2-4,7,10H2,1H3. The Morgan fingerprint density at radius 1 is 1.50 bits per heavy atom. The van der Waals surface area contributed by atoms with Crippen LogP contribution in [0.15, 0.2) is 18.2 Å². The van der Waals surface area contributed by atoms with Crippen LogP contribution in [0.5, 0.6) is 5.75 Å². The highest BCUT2D eigenvalue weighted by atomic mass is 19.1. The van der Waals surface area contributed by atoms with E-state index in [-0.39, 0.29) is 5.56 Å². The molecule has 1 atom stereocenters. The molecule has 0 aromatic heterocycles. The molecule has 0 saturated carbocycles. The van der Waals surface area contributed by atoms with Crippen LogP contribution in [-0.2, 0) is 0 Å². The van der Waals surface area contributed by atoms with Gasteiger partial charge in [-0.25, -0.2) is 4.39 Å². The highest BCUT2D eigenvalue weighted by molar-refractivity contribution is 5.43. The third kappa shape index (κ3) is 2.99. The average molecular weight is 248 g/mol. The van der Waals surface area contributed by atoms with E-state index >= 15 is 0 Å². The minimum Gasteiger partial charge on any atom is -0.491 e. The van der Waals surface area contributed by atoms with Gasteiger partial charge >= 0.3 is 0 Å². The Balaban J connectivity index is 1.99. The Bertz CT molecular complexity index is 456. The van der Waals surface area contributed by atoms with E-state index in [1.165, 1.54) is 31.0 Å². The van der Waals surface area contributed by atoms with Gasteiger partial charge in [-0.3, -0.25) is 0 Å². The summed E-state index contributed by atoms with van der Waals surface area (Å²) >= 11 is 0. The molecule has 1 aliphatic heterocycles. The van der Waals surface area contributed by atoms with E-state index in [1.54, 1.807) is 0 Å². The summed E-state index contributed by atoms with van der Waals surface area (Å²) in [5, 5.41) is 8.92. The smallest absolute Gasteiger partial charge is 0.137 e. The SMILES string of the molecule is CN1CCCCC1COc1ccc(F)cc1C#N. The number of hydrogen-bond donors (Lipinski definition) is 0. The second-order valence-electron chi connectivity index (χ2n) is 4.69. The fourth-order valence-corrected chi connectivity index (χ4v) is 2.26. The zero-order chi connectivity index (χ0) is 13.0.